The van der Waals surface area contributed by atoms with E-state index in [0.29, 0.717) is 12.3 Å². The summed E-state index contributed by atoms with van der Waals surface area (Å²) in [5.41, 5.74) is 2.32. The largest absolute Gasteiger partial charge is 0.493 e. The van der Waals surface area contributed by atoms with Crippen molar-refractivity contribution in [2.75, 3.05) is 26.2 Å². The van der Waals surface area contributed by atoms with Crippen molar-refractivity contribution >= 4 is 18.3 Å². The van der Waals surface area contributed by atoms with Crippen molar-refractivity contribution in [3.8, 4) is 5.75 Å². The van der Waals surface area contributed by atoms with E-state index in [2.05, 4.69) is 26.1 Å². The molecular formula is C20H26ClN5O2. The van der Waals surface area contributed by atoms with Crippen LogP contribution in [0.4, 0.5) is 0 Å². The second-order valence-corrected chi connectivity index (χ2v) is 7.68. The Labute approximate surface area is 170 Å². The molecule has 28 heavy (non-hydrogen) atoms. The number of halogens is 1. The molecule has 3 aliphatic rings. The lowest BCUT2D eigenvalue weighted by atomic mass is 9.95. The molecule has 1 saturated heterocycles. The second kappa shape index (κ2) is 8.09. The molecule has 150 valence electrons. The van der Waals surface area contributed by atoms with Gasteiger partial charge in [-0.2, -0.15) is 0 Å². The standard InChI is InChI=1S/C20H25N5O2.ClH/c26-19(12-14-1-2-17-16(11-14)5-10-27-17)24-7-3-15(4-8-24)20-23-22-18-13-21-6-9-25(18)20;/h1-2,11,15,21H,3-10,12-13H2;1H. The zero-order valence-electron chi connectivity index (χ0n) is 15.9. The number of amides is 1. The van der Waals surface area contributed by atoms with Crippen LogP contribution in [0.2, 0.25) is 0 Å². The Balaban J connectivity index is 0.00000192. The summed E-state index contributed by atoms with van der Waals surface area (Å²) >= 11 is 0. The molecule has 0 spiro atoms. The molecule has 2 aromatic rings. The van der Waals surface area contributed by atoms with E-state index in [4.69, 9.17) is 4.74 Å². The number of likely N-dealkylation sites (tertiary alicyclic amines) is 1. The van der Waals surface area contributed by atoms with Crippen LogP contribution in [0.3, 0.4) is 0 Å². The van der Waals surface area contributed by atoms with Gasteiger partial charge in [-0.25, -0.2) is 0 Å². The minimum atomic E-state index is 0. The number of nitrogens with zero attached hydrogens (tertiary/aromatic N) is 4. The average molecular weight is 404 g/mol. The molecule has 1 fully saturated rings. The van der Waals surface area contributed by atoms with Crippen LogP contribution in [0.25, 0.3) is 0 Å². The normalized spacial score (nSPS) is 18.8. The van der Waals surface area contributed by atoms with Crippen molar-refractivity contribution in [3.05, 3.63) is 41.0 Å². The molecule has 1 aromatic carbocycles. The fourth-order valence-electron chi connectivity index (χ4n) is 4.44. The summed E-state index contributed by atoms with van der Waals surface area (Å²) in [6.45, 7) is 5.08. The molecule has 0 radical (unpaired) electrons. The van der Waals surface area contributed by atoms with Gasteiger partial charge in [-0.1, -0.05) is 12.1 Å². The molecule has 7 nitrogen and oxygen atoms in total. The second-order valence-electron chi connectivity index (χ2n) is 7.68. The van der Waals surface area contributed by atoms with Crippen LogP contribution < -0.4 is 10.1 Å². The van der Waals surface area contributed by atoms with Gasteiger partial charge in [-0.05, 0) is 30.0 Å². The first-order valence-corrected chi connectivity index (χ1v) is 9.93. The van der Waals surface area contributed by atoms with Crippen molar-refractivity contribution in [2.45, 2.75) is 44.7 Å². The average Bonchev–Trinajstić information content (AvgIpc) is 3.34. The number of hydrogen-bond acceptors (Lipinski definition) is 5. The van der Waals surface area contributed by atoms with E-state index >= 15 is 0 Å². The number of benzene rings is 1. The first kappa shape index (κ1) is 19.2. The van der Waals surface area contributed by atoms with Crippen LogP contribution in [-0.2, 0) is 30.7 Å². The highest BCUT2D eigenvalue weighted by Gasteiger charge is 2.28. The Morgan fingerprint density at radius 2 is 2.07 bits per heavy atom. The molecule has 0 aliphatic carbocycles. The summed E-state index contributed by atoms with van der Waals surface area (Å²) in [5.74, 6) is 3.75. The third-order valence-corrected chi connectivity index (χ3v) is 5.97. The van der Waals surface area contributed by atoms with Crippen LogP contribution in [0.5, 0.6) is 5.75 Å². The zero-order valence-corrected chi connectivity index (χ0v) is 16.7. The van der Waals surface area contributed by atoms with Gasteiger partial charge in [0.05, 0.1) is 19.6 Å². The highest BCUT2D eigenvalue weighted by molar-refractivity contribution is 5.85. The molecule has 3 aliphatic heterocycles. The molecular weight excluding hydrogens is 378 g/mol. The molecule has 1 N–H and O–H groups in total. The van der Waals surface area contributed by atoms with Crippen LogP contribution in [-0.4, -0.2) is 51.8 Å². The Morgan fingerprint density at radius 3 is 2.93 bits per heavy atom. The lowest BCUT2D eigenvalue weighted by Crippen LogP contribution is -2.39. The van der Waals surface area contributed by atoms with Crippen LogP contribution >= 0.6 is 12.4 Å². The Hall–Kier alpha value is -2.12. The van der Waals surface area contributed by atoms with Gasteiger partial charge in [0.1, 0.15) is 17.4 Å². The quantitative estimate of drug-likeness (QED) is 0.844. The monoisotopic (exact) mass is 403 g/mol. The van der Waals surface area contributed by atoms with Crippen molar-refractivity contribution in [1.29, 1.82) is 0 Å². The highest BCUT2D eigenvalue weighted by Crippen LogP contribution is 2.29. The molecule has 0 atom stereocenters. The maximum absolute atomic E-state index is 12.7. The lowest BCUT2D eigenvalue weighted by molar-refractivity contribution is -0.131. The van der Waals surface area contributed by atoms with E-state index in [1.165, 1.54) is 5.56 Å². The predicted octanol–water partition coefficient (Wildman–Crippen LogP) is 1.69. The van der Waals surface area contributed by atoms with Gasteiger partial charge in [-0.3, -0.25) is 4.79 Å². The molecule has 0 bridgehead atoms. The fourth-order valence-corrected chi connectivity index (χ4v) is 4.44. The predicted molar refractivity (Wildman–Crippen MR) is 107 cm³/mol. The van der Waals surface area contributed by atoms with Crippen molar-refractivity contribution in [3.63, 3.8) is 0 Å². The summed E-state index contributed by atoms with van der Waals surface area (Å²) < 4.78 is 7.82. The van der Waals surface area contributed by atoms with E-state index in [1.807, 2.05) is 17.0 Å². The van der Waals surface area contributed by atoms with Crippen LogP contribution in [0, 0.1) is 0 Å². The molecule has 5 rings (SSSR count). The van der Waals surface area contributed by atoms with Gasteiger partial charge in [0.25, 0.3) is 0 Å². The van der Waals surface area contributed by atoms with Crippen molar-refractivity contribution in [1.82, 2.24) is 25.0 Å². The lowest BCUT2D eigenvalue weighted by Gasteiger charge is -2.32. The third kappa shape index (κ3) is 3.61. The van der Waals surface area contributed by atoms with E-state index in [0.717, 1.165) is 81.6 Å². The molecule has 0 saturated carbocycles. The van der Waals surface area contributed by atoms with Crippen molar-refractivity contribution in [2.24, 2.45) is 0 Å². The van der Waals surface area contributed by atoms with Gasteiger partial charge in [0.15, 0.2) is 0 Å². The van der Waals surface area contributed by atoms with Gasteiger partial charge in [-0.15, -0.1) is 22.6 Å². The summed E-state index contributed by atoms with van der Waals surface area (Å²) in [4.78, 5) is 14.8. The topological polar surface area (TPSA) is 72.3 Å². The van der Waals surface area contributed by atoms with Crippen LogP contribution in [0.1, 0.15) is 41.5 Å². The number of aromatic nitrogens is 3. The van der Waals surface area contributed by atoms with Gasteiger partial charge in [0.2, 0.25) is 5.91 Å². The van der Waals surface area contributed by atoms with E-state index in [9.17, 15) is 4.79 Å². The fraction of sp³-hybridized carbons (Fsp3) is 0.550. The minimum Gasteiger partial charge on any atom is -0.493 e. The number of hydrogen-bond donors (Lipinski definition) is 1. The number of rotatable bonds is 3. The highest BCUT2D eigenvalue weighted by atomic mass is 35.5. The maximum atomic E-state index is 12.7. The Bertz CT molecular complexity index is 860. The smallest absolute Gasteiger partial charge is 0.226 e. The third-order valence-electron chi connectivity index (χ3n) is 5.97. The first-order chi connectivity index (χ1) is 13.3. The molecule has 1 amide bonds. The molecule has 8 heteroatoms. The minimum absolute atomic E-state index is 0. The number of ether oxygens (including phenoxy) is 1. The Morgan fingerprint density at radius 1 is 1.21 bits per heavy atom. The van der Waals surface area contributed by atoms with E-state index in [1.54, 1.807) is 0 Å². The van der Waals surface area contributed by atoms with Crippen molar-refractivity contribution < 1.29 is 9.53 Å². The number of carbonyl (C=O) groups excluding carboxylic acids is 1. The summed E-state index contributed by atoms with van der Waals surface area (Å²) in [5, 5.41) is 12.1. The van der Waals surface area contributed by atoms with E-state index < -0.39 is 0 Å². The first-order valence-electron chi connectivity index (χ1n) is 9.93. The summed E-state index contributed by atoms with van der Waals surface area (Å²) in [7, 11) is 0. The number of fused-ring (bicyclic) bond motifs is 2. The number of carbonyl (C=O) groups is 1. The van der Waals surface area contributed by atoms with Gasteiger partial charge in [0, 0.05) is 38.5 Å². The zero-order chi connectivity index (χ0) is 18.2. The Kier molecular flexibility index (Phi) is 5.55. The maximum Gasteiger partial charge on any atom is 0.226 e. The molecule has 1 aromatic heterocycles. The number of nitrogens with one attached hydrogen (secondary N) is 1. The van der Waals surface area contributed by atoms with E-state index in [-0.39, 0.29) is 18.3 Å². The summed E-state index contributed by atoms with van der Waals surface area (Å²) in [6.07, 6.45) is 3.36. The van der Waals surface area contributed by atoms with Gasteiger partial charge < -0.3 is 19.5 Å². The summed E-state index contributed by atoms with van der Waals surface area (Å²) in [6, 6.07) is 6.15. The molecule has 0 unspecified atom stereocenters. The number of piperidine rings is 1. The molecule has 4 heterocycles. The van der Waals surface area contributed by atoms with Crippen LogP contribution in [0.15, 0.2) is 18.2 Å². The SMILES string of the molecule is Cl.O=C(Cc1ccc2c(c1)CCO2)N1CCC(c2nnc3n2CCNC3)CC1. The van der Waals surface area contributed by atoms with Gasteiger partial charge >= 0.3 is 0 Å².